The summed E-state index contributed by atoms with van der Waals surface area (Å²) < 4.78 is 12.9. The van der Waals surface area contributed by atoms with E-state index in [1.807, 2.05) is 6.07 Å². The molecule has 1 fully saturated rings. The standard InChI is InChI=1S/C13H15FN2S/c14-10-2-1-3-13(8-10)17-7-6-12(9-15)16-11-4-5-11/h1-3,8,11-12,16H,4-7H2. The quantitative estimate of drug-likeness (QED) is 0.788. The maximum atomic E-state index is 12.9. The Bertz CT molecular complexity index is 412. The molecular formula is C13H15FN2S. The van der Waals surface area contributed by atoms with Gasteiger partial charge in [0.25, 0.3) is 0 Å². The summed E-state index contributed by atoms with van der Waals surface area (Å²) in [5.74, 6) is 0.629. The van der Waals surface area contributed by atoms with Crippen molar-refractivity contribution < 1.29 is 4.39 Å². The normalized spacial score (nSPS) is 16.5. The molecular weight excluding hydrogens is 235 g/mol. The fourth-order valence-corrected chi connectivity index (χ4v) is 2.53. The zero-order valence-corrected chi connectivity index (χ0v) is 10.3. The molecule has 1 aromatic carbocycles. The minimum absolute atomic E-state index is 0.0661. The van der Waals surface area contributed by atoms with Crippen LogP contribution in [0.15, 0.2) is 29.2 Å². The van der Waals surface area contributed by atoms with Gasteiger partial charge in [-0.15, -0.1) is 11.8 Å². The number of nitrogens with zero attached hydrogens (tertiary/aromatic N) is 1. The highest BCUT2D eigenvalue weighted by atomic mass is 32.2. The van der Waals surface area contributed by atoms with Crippen molar-refractivity contribution in [1.29, 1.82) is 5.26 Å². The smallest absolute Gasteiger partial charge is 0.124 e. The summed E-state index contributed by atoms with van der Waals surface area (Å²) in [6, 6.07) is 9.33. The average molecular weight is 250 g/mol. The number of nitrogens with one attached hydrogen (secondary N) is 1. The lowest BCUT2D eigenvalue weighted by molar-refractivity contribution is 0.587. The van der Waals surface area contributed by atoms with Gasteiger partial charge in [0.15, 0.2) is 0 Å². The van der Waals surface area contributed by atoms with E-state index in [0.29, 0.717) is 6.04 Å². The van der Waals surface area contributed by atoms with Crippen LogP contribution in [0.25, 0.3) is 0 Å². The van der Waals surface area contributed by atoms with Crippen LogP contribution < -0.4 is 5.32 Å². The van der Waals surface area contributed by atoms with Crippen molar-refractivity contribution >= 4 is 11.8 Å². The third kappa shape index (κ3) is 4.37. The van der Waals surface area contributed by atoms with Crippen molar-refractivity contribution in [1.82, 2.24) is 5.32 Å². The highest BCUT2D eigenvalue weighted by Gasteiger charge is 2.24. The number of hydrogen-bond donors (Lipinski definition) is 1. The summed E-state index contributed by atoms with van der Waals surface area (Å²) in [5, 5.41) is 12.3. The van der Waals surface area contributed by atoms with Gasteiger partial charge in [-0.25, -0.2) is 4.39 Å². The van der Waals surface area contributed by atoms with Crippen LogP contribution in [0.4, 0.5) is 4.39 Å². The Labute approximate surface area is 105 Å². The Hall–Kier alpha value is -1.05. The molecule has 0 heterocycles. The van der Waals surface area contributed by atoms with Crippen molar-refractivity contribution in [3.63, 3.8) is 0 Å². The molecule has 0 bridgehead atoms. The van der Waals surface area contributed by atoms with Crippen molar-refractivity contribution in [2.75, 3.05) is 5.75 Å². The van der Waals surface area contributed by atoms with Gasteiger partial charge < -0.3 is 0 Å². The Balaban J connectivity index is 1.72. The zero-order chi connectivity index (χ0) is 12.1. The molecule has 1 saturated carbocycles. The third-order valence-electron chi connectivity index (χ3n) is 2.64. The molecule has 2 rings (SSSR count). The van der Waals surface area contributed by atoms with Crippen LogP contribution in [0.1, 0.15) is 19.3 Å². The number of thioether (sulfide) groups is 1. The van der Waals surface area contributed by atoms with Crippen LogP contribution in [0, 0.1) is 17.1 Å². The topological polar surface area (TPSA) is 35.8 Å². The second-order valence-corrected chi connectivity index (χ2v) is 5.39. The van der Waals surface area contributed by atoms with E-state index in [0.717, 1.165) is 17.1 Å². The average Bonchev–Trinajstić information content (AvgIpc) is 3.12. The van der Waals surface area contributed by atoms with E-state index < -0.39 is 0 Å². The van der Waals surface area contributed by atoms with E-state index in [4.69, 9.17) is 5.26 Å². The van der Waals surface area contributed by atoms with Gasteiger partial charge in [0.2, 0.25) is 0 Å². The summed E-state index contributed by atoms with van der Waals surface area (Å²) in [7, 11) is 0. The summed E-state index contributed by atoms with van der Waals surface area (Å²) in [5.41, 5.74) is 0. The van der Waals surface area contributed by atoms with Crippen LogP contribution in [0.2, 0.25) is 0 Å². The number of rotatable bonds is 6. The zero-order valence-electron chi connectivity index (χ0n) is 9.53. The number of halogens is 1. The number of nitriles is 1. The lowest BCUT2D eigenvalue weighted by Gasteiger charge is -2.09. The van der Waals surface area contributed by atoms with Gasteiger partial charge in [0, 0.05) is 16.7 Å². The molecule has 0 aromatic heterocycles. The summed E-state index contributed by atoms with van der Waals surface area (Å²) in [4.78, 5) is 0.924. The predicted octanol–water partition coefficient (Wildman–Crippen LogP) is 2.95. The highest BCUT2D eigenvalue weighted by Crippen LogP contribution is 2.22. The first-order valence-electron chi connectivity index (χ1n) is 5.82. The fourth-order valence-electron chi connectivity index (χ4n) is 1.57. The molecule has 1 unspecified atom stereocenters. The Morgan fingerprint density at radius 1 is 1.53 bits per heavy atom. The van der Waals surface area contributed by atoms with Crippen LogP contribution in [0.5, 0.6) is 0 Å². The Morgan fingerprint density at radius 2 is 2.35 bits per heavy atom. The molecule has 1 aliphatic carbocycles. The second kappa shape index (κ2) is 6.04. The van der Waals surface area contributed by atoms with Gasteiger partial charge in [-0.3, -0.25) is 5.32 Å². The minimum Gasteiger partial charge on any atom is -0.299 e. The van der Waals surface area contributed by atoms with Gasteiger partial charge in [-0.05, 0) is 37.5 Å². The first-order valence-corrected chi connectivity index (χ1v) is 6.80. The van der Waals surface area contributed by atoms with E-state index >= 15 is 0 Å². The fraction of sp³-hybridized carbons (Fsp3) is 0.462. The molecule has 0 saturated heterocycles. The monoisotopic (exact) mass is 250 g/mol. The molecule has 1 aliphatic rings. The maximum Gasteiger partial charge on any atom is 0.124 e. The molecule has 0 amide bonds. The van der Waals surface area contributed by atoms with Crippen molar-refractivity contribution in [3.8, 4) is 6.07 Å². The molecule has 17 heavy (non-hydrogen) atoms. The first-order chi connectivity index (χ1) is 8.28. The van der Waals surface area contributed by atoms with Gasteiger partial charge >= 0.3 is 0 Å². The lowest BCUT2D eigenvalue weighted by atomic mass is 10.2. The van der Waals surface area contributed by atoms with Crippen molar-refractivity contribution in [2.24, 2.45) is 0 Å². The first kappa shape index (κ1) is 12.4. The van der Waals surface area contributed by atoms with Gasteiger partial charge in [0.1, 0.15) is 5.82 Å². The lowest BCUT2D eigenvalue weighted by Crippen LogP contribution is -2.29. The predicted molar refractivity (Wildman–Crippen MR) is 67.3 cm³/mol. The number of hydrogen-bond acceptors (Lipinski definition) is 3. The summed E-state index contributed by atoms with van der Waals surface area (Å²) in [6.45, 7) is 0. The molecule has 4 heteroatoms. The summed E-state index contributed by atoms with van der Waals surface area (Å²) >= 11 is 1.59. The Morgan fingerprint density at radius 3 is 3.00 bits per heavy atom. The van der Waals surface area contributed by atoms with Crippen molar-refractivity contribution in [2.45, 2.75) is 36.2 Å². The van der Waals surface area contributed by atoms with E-state index in [1.165, 1.54) is 25.0 Å². The van der Waals surface area contributed by atoms with E-state index in [9.17, 15) is 4.39 Å². The molecule has 1 aromatic rings. The van der Waals surface area contributed by atoms with Crippen molar-refractivity contribution in [3.05, 3.63) is 30.1 Å². The molecule has 0 aliphatic heterocycles. The van der Waals surface area contributed by atoms with Gasteiger partial charge in [-0.2, -0.15) is 5.26 Å². The number of benzene rings is 1. The van der Waals surface area contributed by atoms with Crippen LogP contribution >= 0.6 is 11.8 Å². The van der Waals surface area contributed by atoms with Gasteiger partial charge in [-0.1, -0.05) is 6.07 Å². The maximum absolute atomic E-state index is 12.9. The third-order valence-corrected chi connectivity index (χ3v) is 3.67. The molecule has 90 valence electrons. The molecule has 0 radical (unpaired) electrons. The van der Waals surface area contributed by atoms with Crippen LogP contribution in [-0.4, -0.2) is 17.8 Å². The largest absolute Gasteiger partial charge is 0.299 e. The van der Waals surface area contributed by atoms with Crippen LogP contribution in [-0.2, 0) is 0 Å². The van der Waals surface area contributed by atoms with E-state index in [-0.39, 0.29) is 11.9 Å². The molecule has 1 atom stereocenters. The van der Waals surface area contributed by atoms with E-state index in [2.05, 4.69) is 11.4 Å². The summed E-state index contributed by atoms with van der Waals surface area (Å²) in [6.07, 6.45) is 3.18. The van der Waals surface area contributed by atoms with Gasteiger partial charge in [0.05, 0.1) is 12.1 Å². The molecule has 2 nitrogen and oxygen atoms in total. The highest BCUT2D eigenvalue weighted by molar-refractivity contribution is 7.99. The molecule has 1 N–H and O–H groups in total. The molecule has 0 spiro atoms. The SMILES string of the molecule is N#CC(CCSc1cccc(F)c1)NC1CC1. The minimum atomic E-state index is -0.206. The second-order valence-electron chi connectivity index (χ2n) is 4.22. The van der Waals surface area contributed by atoms with E-state index in [1.54, 1.807) is 17.8 Å². The Kier molecular flexibility index (Phi) is 4.41. The van der Waals surface area contributed by atoms with Crippen LogP contribution in [0.3, 0.4) is 0 Å².